The largest absolute Gasteiger partial charge is 0.381 e. The summed E-state index contributed by atoms with van der Waals surface area (Å²) in [6.45, 7) is 5.16. The van der Waals surface area contributed by atoms with Crippen molar-refractivity contribution in [2.24, 2.45) is 7.05 Å². The van der Waals surface area contributed by atoms with Crippen LogP contribution in [-0.2, 0) is 17.1 Å². The van der Waals surface area contributed by atoms with E-state index < -0.39 is 10.0 Å². The first-order valence-electron chi connectivity index (χ1n) is 4.31. The summed E-state index contributed by atoms with van der Waals surface area (Å²) in [5.74, 6) is -0.0127. The first kappa shape index (κ1) is 11.7. The second kappa shape index (κ2) is 4.03. The Bertz CT molecular complexity index is 463. The number of hydrogen-bond donors (Lipinski definition) is 2. The van der Waals surface area contributed by atoms with Crippen LogP contribution in [0.25, 0.3) is 0 Å². The molecule has 0 aromatic carbocycles. The highest BCUT2D eigenvalue weighted by molar-refractivity contribution is 7.89. The predicted octanol–water partition coefficient (Wildman–Crippen LogP) is -0.145. The fourth-order valence-electron chi connectivity index (χ4n) is 1.05. The number of aryl methyl sites for hydroxylation is 1. The molecule has 15 heavy (non-hydrogen) atoms. The third-order valence-corrected chi connectivity index (χ3v) is 3.38. The summed E-state index contributed by atoms with van der Waals surface area (Å²) in [6, 6.07) is -0.352. The van der Waals surface area contributed by atoms with Crippen molar-refractivity contribution < 1.29 is 8.42 Å². The van der Waals surface area contributed by atoms with Gasteiger partial charge in [-0.25, -0.2) is 13.1 Å². The summed E-state index contributed by atoms with van der Waals surface area (Å²) >= 11 is 0. The van der Waals surface area contributed by atoms with E-state index in [9.17, 15) is 8.42 Å². The first-order chi connectivity index (χ1) is 6.86. The fourth-order valence-corrected chi connectivity index (χ4v) is 2.37. The topological polar surface area (TPSA) is 90.0 Å². The first-order valence-corrected chi connectivity index (χ1v) is 5.79. The van der Waals surface area contributed by atoms with E-state index in [0.717, 1.165) is 0 Å². The van der Waals surface area contributed by atoms with Crippen molar-refractivity contribution in [3.8, 4) is 0 Å². The molecule has 1 rings (SSSR count). The number of hydrogen-bond acceptors (Lipinski definition) is 4. The van der Waals surface area contributed by atoms with E-state index in [-0.39, 0.29) is 16.8 Å². The zero-order chi connectivity index (χ0) is 11.6. The van der Waals surface area contributed by atoms with Crippen LogP contribution in [0.1, 0.15) is 6.92 Å². The summed E-state index contributed by atoms with van der Waals surface area (Å²) in [7, 11) is -2.01. The molecule has 0 saturated heterocycles. The van der Waals surface area contributed by atoms with Gasteiger partial charge in [0.15, 0.2) is 5.82 Å². The second-order valence-corrected chi connectivity index (χ2v) is 4.88. The Hall–Kier alpha value is -1.34. The number of anilines is 1. The molecule has 3 N–H and O–H groups in total. The van der Waals surface area contributed by atoms with Crippen LogP contribution in [0.2, 0.25) is 0 Å². The van der Waals surface area contributed by atoms with Crippen LogP contribution in [0.15, 0.2) is 23.7 Å². The number of aromatic nitrogens is 2. The number of nitrogens with zero attached hydrogens (tertiary/aromatic N) is 2. The van der Waals surface area contributed by atoms with Crippen LogP contribution >= 0.6 is 0 Å². The molecule has 7 heteroatoms. The second-order valence-electron chi connectivity index (χ2n) is 3.20. The van der Waals surface area contributed by atoms with E-state index in [1.165, 1.54) is 17.0 Å². The van der Waals surface area contributed by atoms with Crippen LogP contribution in [-0.4, -0.2) is 24.2 Å². The van der Waals surface area contributed by atoms with E-state index in [1.807, 2.05) is 0 Å². The minimum atomic E-state index is -3.61. The molecule has 0 spiro atoms. The van der Waals surface area contributed by atoms with Crippen LogP contribution in [0.3, 0.4) is 0 Å². The Kier molecular flexibility index (Phi) is 3.15. The normalized spacial score (nSPS) is 13.7. The Morgan fingerprint density at radius 3 is 2.73 bits per heavy atom. The molecule has 0 amide bonds. The molecule has 6 nitrogen and oxygen atoms in total. The van der Waals surface area contributed by atoms with Gasteiger partial charge in [-0.2, -0.15) is 5.10 Å². The average Bonchev–Trinajstić information content (AvgIpc) is 2.45. The smallest absolute Gasteiger partial charge is 0.246 e. The van der Waals surface area contributed by atoms with Crippen LogP contribution < -0.4 is 10.5 Å². The van der Waals surface area contributed by atoms with Crippen LogP contribution in [0.4, 0.5) is 5.82 Å². The lowest BCUT2D eigenvalue weighted by Gasteiger charge is -2.08. The Morgan fingerprint density at radius 1 is 1.73 bits per heavy atom. The number of nitrogen functional groups attached to an aromatic ring is 1. The summed E-state index contributed by atoms with van der Waals surface area (Å²) in [5, 5.41) is 3.76. The van der Waals surface area contributed by atoms with Crippen molar-refractivity contribution in [1.82, 2.24) is 14.5 Å². The van der Waals surface area contributed by atoms with E-state index in [0.29, 0.717) is 0 Å². The number of sulfonamides is 1. The van der Waals surface area contributed by atoms with Crippen molar-refractivity contribution in [3.63, 3.8) is 0 Å². The number of nitrogens with one attached hydrogen (secondary N) is 1. The van der Waals surface area contributed by atoms with E-state index in [2.05, 4.69) is 16.4 Å². The third kappa shape index (κ3) is 2.57. The van der Waals surface area contributed by atoms with Gasteiger partial charge in [0.1, 0.15) is 4.90 Å². The zero-order valence-corrected chi connectivity index (χ0v) is 9.45. The van der Waals surface area contributed by atoms with Gasteiger partial charge in [-0.3, -0.25) is 4.68 Å². The number of rotatable bonds is 4. The van der Waals surface area contributed by atoms with Crippen molar-refractivity contribution in [2.75, 3.05) is 5.73 Å². The average molecular weight is 230 g/mol. The van der Waals surface area contributed by atoms with Gasteiger partial charge in [0.25, 0.3) is 0 Å². The van der Waals surface area contributed by atoms with Gasteiger partial charge in [0.2, 0.25) is 10.0 Å². The molecular weight excluding hydrogens is 216 g/mol. The molecule has 1 heterocycles. The summed E-state index contributed by atoms with van der Waals surface area (Å²) < 4.78 is 27.2. The third-order valence-electron chi connectivity index (χ3n) is 1.81. The molecule has 1 unspecified atom stereocenters. The van der Waals surface area contributed by atoms with Gasteiger partial charge in [-0.1, -0.05) is 6.08 Å². The van der Waals surface area contributed by atoms with Gasteiger partial charge in [-0.05, 0) is 6.92 Å². The molecule has 0 aliphatic rings. The summed E-state index contributed by atoms with van der Waals surface area (Å²) in [4.78, 5) is -0.0151. The van der Waals surface area contributed by atoms with Gasteiger partial charge in [-0.15, -0.1) is 6.58 Å². The summed E-state index contributed by atoms with van der Waals surface area (Å²) in [6.07, 6.45) is 2.84. The highest BCUT2D eigenvalue weighted by Gasteiger charge is 2.21. The van der Waals surface area contributed by atoms with Crippen molar-refractivity contribution in [1.29, 1.82) is 0 Å². The maximum atomic E-state index is 11.7. The minimum absolute atomic E-state index is 0.0127. The lowest BCUT2D eigenvalue weighted by molar-refractivity contribution is 0.576. The Balaban J connectivity index is 3.06. The van der Waals surface area contributed by atoms with Crippen molar-refractivity contribution >= 4 is 15.8 Å². The van der Waals surface area contributed by atoms with Crippen LogP contribution in [0.5, 0.6) is 0 Å². The molecule has 84 valence electrons. The van der Waals surface area contributed by atoms with Gasteiger partial charge in [0.05, 0.1) is 0 Å². The lowest BCUT2D eigenvalue weighted by Crippen LogP contribution is -2.31. The molecule has 1 aromatic rings. The predicted molar refractivity (Wildman–Crippen MR) is 57.6 cm³/mol. The molecule has 0 aliphatic heterocycles. The van der Waals surface area contributed by atoms with E-state index in [1.54, 1.807) is 14.0 Å². The van der Waals surface area contributed by atoms with Gasteiger partial charge >= 0.3 is 0 Å². The zero-order valence-electron chi connectivity index (χ0n) is 8.64. The molecule has 0 aliphatic carbocycles. The maximum Gasteiger partial charge on any atom is 0.246 e. The molecule has 0 bridgehead atoms. The van der Waals surface area contributed by atoms with E-state index in [4.69, 9.17) is 5.73 Å². The molecule has 1 atom stereocenters. The van der Waals surface area contributed by atoms with Gasteiger partial charge < -0.3 is 5.73 Å². The standard InChI is InChI=1S/C8H14N4O2S/c1-4-6(2)11-15(13,14)7-5-12(3)10-8(7)9/h4-6,11H,1H2,2-3H3,(H2,9,10). The highest BCUT2D eigenvalue weighted by atomic mass is 32.2. The summed E-state index contributed by atoms with van der Waals surface area (Å²) in [5.41, 5.74) is 5.47. The molecule has 0 radical (unpaired) electrons. The maximum absolute atomic E-state index is 11.7. The number of nitrogens with two attached hydrogens (primary N) is 1. The quantitative estimate of drug-likeness (QED) is 0.704. The molecule has 0 fully saturated rings. The fraction of sp³-hybridized carbons (Fsp3) is 0.375. The van der Waals surface area contributed by atoms with Crippen LogP contribution in [0, 0.1) is 0 Å². The van der Waals surface area contributed by atoms with Crippen molar-refractivity contribution in [3.05, 3.63) is 18.9 Å². The SMILES string of the molecule is C=CC(C)NS(=O)(=O)c1cn(C)nc1N. The molecular formula is C8H14N4O2S. The van der Waals surface area contributed by atoms with E-state index >= 15 is 0 Å². The Morgan fingerprint density at radius 2 is 2.33 bits per heavy atom. The van der Waals surface area contributed by atoms with Crippen molar-refractivity contribution in [2.45, 2.75) is 17.9 Å². The Labute approximate surface area is 88.8 Å². The minimum Gasteiger partial charge on any atom is -0.381 e. The monoisotopic (exact) mass is 230 g/mol. The highest BCUT2D eigenvalue weighted by Crippen LogP contribution is 2.15. The lowest BCUT2D eigenvalue weighted by atomic mass is 10.4. The molecule has 0 saturated carbocycles. The van der Waals surface area contributed by atoms with Gasteiger partial charge in [0, 0.05) is 19.3 Å². The molecule has 1 aromatic heterocycles.